The van der Waals surface area contributed by atoms with Crippen LogP contribution in [0.5, 0.6) is 5.75 Å². The number of aromatic nitrogens is 4. The number of methoxy groups -OCH3 is 1. The Morgan fingerprint density at radius 3 is 2.89 bits per heavy atom. The van der Waals surface area contributed by atoms with Crippen molar-refractivity contribution in [2.24, 2.45) is 0 Å². The smallest absolute Gasteiger partial charge is 0.221 e. The SMILES string of the molecule is COc1ccc(C#CC(C)(O)c2nccs2)cc1-n1ccc2cnc(N)nc21. The van der Waals surface area contributed by atoms with Crippen molar-refractivity contribution >= 4 is 28.3 Å². The molecule has 0 aliphatic heterocycles. The lowest BCUT2D eigenvalue weighted by atomic mass is 10.1. The highest BCUT2D eigenvalue weighted by Crippen LogP contribution is 2.28. The monoisotopic (exact) mass is 391 g/mol. The van der Waals surface area contributed by atoms with E-state index in [-0.39, 0.29) is 5.95 Å². The number of anilines is 1. The van der Waals surface area contributed by atoms with Gasteiger partial charge in [-0.05, 0) is 31.2 Å². The molecule has 0 bridgehead atoms. The van der Waals surface area contributed by atoms with Crippen LogP contribution in [0.1, 0.15) is 17.5 Å². The molecule has 7 nitrogen and oxygen atoms in total. The Labute approximate surface area is 165 Å². The van der Waals surface area contributed by atoms with Crippen LogP contribution in [-0.4, -0.2) is 31.7 Å². The summed E-state index contributed by atoms with van der Waals surface area (Å²) < 4.78 is 7.38. The van der Waals surface area contributed by atoms with E-state index in [9.17, 15) is 5.11 Å². The lowest BCUT2D eigenvalue weighted by Gasteiger charge is -2.13. The number of fused-ring (bicyclic) bond motifs is 1. The predicted molar refractivity (Wildman–Crippen MR) is 108 cm³/mol. The Hall–Kier alpha value is -3.41. The Balaban J connectivity index is 1.79. The molecule has 3 N–H and O–H groups in total. The van der Waals surface area contributed by atoms with Gasteiger partial charge in [0.25, 0.3) is 0 Å². The quantitative estimate of drug-likeness (QED) is 0.521. The van der Waals surface area contributed by atoms with Gasteiger partial charge in [0.15, 0.2) is 5.60 Å². The van der Waals surface area contributed by atoms with Crippen LogP contribution in [0.3, 0.4) is 0 Å². The van der Waals surface area contributed by atoms with Crippen molar-refractivity contribution in [1.29, 1.82) is 0 Å². The van der Waals surface area contributed by atoms with Crippen molar-refractivity contribution < 1.29 is 9.84 Å². The third-order valence-corrected chi connectivity index (χ3v) is 5.17. The summed E-state index contributed by atoms with van der Waals surface area (Å²) in [6, 6.07) is 7.44. The minimum Gasteiger partial charge on any atom is -0.495 e. The first kappa shape index (κ1) is 18.0. The molecule has 0 fully saturated rings. The second kappa shape index (κ2) is 6.96. The number of rotatable bonds is 3. The number of ether oxygens (including phenoxy) is 1. The lowest BCUT2D eigenvalue weighted by Crippen LogP contribution is -2.17. The van der Waals surface area contributed by atoms with Crippen LogP contribution >= 0.6 is 11.3 Å². The first-order chi connectivity index (χ1) is 13.5. The van der Waals surface area contributed by atoms with Crippen molar-refractivity contribution in [2.45, 2.75) is 12.5 Å². The molecule has 140 valence electrons. The average Bonchev–Trinajstić information content (AvgIpc) is 3.36. The molecule has 0 saturated heterocycles. The molecular weight excluding hydrogens is 374 g/mol. The molecule has 3 heterocycles. The molecule has 0 aliphatic rings. The van der Waals surface area contributed by atoms with Crippen LogP contribution < -0.4 is 10.5 Å². The fourth-order valence-electron chi connectivity index (χ4n) is 2.79. The van der Waals surface area contributed by atoms with Gasteiger partial charge in [-0.2, -0.15) is 4.98 Å². The number of hydrogen-bond acceptors (Lipinski definition) is 7. The van der Waals surface area contributed by atoms with Crippen molar-refractivity contribution in [3.63, 3.8) is 0 Å². The van der Waals surface area contributed by atoms with Crippen LogP contribution in [0.15, 0.2) is 48.2 Å². The summed E-state index contributed by atoms with van der Waals surface area (Å²) in [5.74, 6) is 6.77. The van der Waals surface area contributed by atoms with Crippen molar-refractivity contribution in [2.75, 3.05) is 12.8 Å². The normalized spacial score (nSPS) is 13.0. The maximum atomic E-state index is 10.6. The largest absolute Gasteiger partial charge is 0.495 e. The number of aliphatic hydroxyl groups is 1. The number of nitrogens with two attached hydrogens (primary N) is 1. The molecule has 3 aromatic heterocycles. The zero-order chi connectivity index (χ0) is 19.7. The number of benzene rings is 1. The Bertz CT molecular complexity index is 1200. The Morgan fingerprint density at radius 1 is 1.29 bits per heavy atom. The van der Waals surface area contributed by atoms with Gasteiger partial charge in [0.05, 0.1) is 12.8 Å². The molecule has 0 radical (unpaired) electrons. The van der Waals surface area contributed by atoms with Crippen LogP contribution in [0.25, 0.3) is 16.7 Å². The molecular formula is C20H17N5O2S. The zero-order valence-electron chi connectivity index (χ0n) is 15.2. The van der Waals surface area contributed by atoms with E-state index in [1.165, 1.54) is 11.3 Å². The Morgan fingerprint density at radius 2 is 2.14 bits per heavy atom. The third-order valence-electron chi connectivity index (χ3n) is 4.18. The standard InChI is InChI=1S/C20H17N5O2S/c1-20(26,18-22-8-10-28-18)7-5-13-3-4-16(27-2)15(11-13)25-9-6-14-12-23-19(21)24-17(14)25/h3-4,6,8-12,26H,1-2H3,(H2,21,23,24). The van der Waals surface area contributed by atoms with E-state index in [2.05, 4.69) is 26.8 Å². The van der Waals surface area contributed by atoms with E-state index < -0.39 is 5.60 Å². The van der Waals surface area contributed by atoms with Crippen LogP contribution in [-0.2, 0) is 5.60 Å². The van der Waals surface area contributed by atoms with Gasteiger partial charge in [0.1, 0.15) is 16.4 Å². The van der Waals surface area contributed by atoms with E-state index >= 15 is 0 Å². The van der Waals surface area contributed by atoms with Crippen LogP contribution in [0.4, 0.5) is 5.95 Å². The summed E-state index contributed by atoms with van der Waals surface area (Å²) in [6.07, 6.45) is 5.20. The number of nitrogen functional groups attached to an aromatic ring is 1. The van der Waals surface area contributed by atoms with E-state index in [4.69, 9.17) is 10.5 Å². The molecule has 1 unspecified atom stereocenters. The molecule has 1 aromatic carbocycles. The van der Waals surface area contributed by atoms with Gasteiger partial charge in [0.2, 0.25) is 5.95 Å². The number of hydrogen-bond donors (Lipinski definition) is 2. The molecule has 0 aliphatic carbocycles. The van der Waals surface area contributed by atoms with Crippen LogP contribution in [0.2, 0.25) is 0 Å². The fraction of sp³-hybridized carbons (Fsp3) is 0.150. The minimum absolute atomic E-state index is 0.196. The average molecular weight is 391 g/mol. The molecule has 1 atom stereocenters. The Kier molecular flexibility index (Phi) is 4.47. The van der Waals surface area contributed by atoms with E-state index in [0.717, 1.165) is 16.6 Å². The van der Waals surface area contributed by atoms with Crippen molar-refractivity contribution in [3.05, 3.63) is 58.8 Å². The molecule has 0 spiro atoms. The maximum Gasteiger partial charge on any atom is 0.221 e. The van der Waals surface area contributed by atoms with Gasteiger partial charge in [0, 0.05) is 34.9 Å². The number of thiazole rings is 1. The molecule has 4 aromatic rings. The van der Waals surface area contributed by atoms with E-state index in [0.29, 0.717) is 16.4 Å². The van der Waals surface area contributed by atoms with Gasteiger partial charge >= 0.3 is 0 Å². The molecule has 0 saturated carbocycles. The summed E-state index contributed by atoms with van der Waals surface area (Å²) in [7, 11) is 1.60. The van der Waals surface area contributed by atoms with Gasteiger partial charge < -0.3 is 15.6 Å². The lowest BCUT2D eigenvalue weighted by molar-refractivity contribution is 0.122. The second-order valence-corrected chi connectivity index (χ2v) is 7.13. The molecule has 28 heavy (non-hydrogen) atoms. The fourth-order valence-corrected chi connectivity index (χ4v) is 3.45. The highest BCUT2D eigenvalue weighted by molar-refractivity contribution is 7.09. The second-order valence-electron chi connectivity index (χ2n) is 6.24. The van der Waals surface area contributed by atoms with Crippen LogP contribution in [0, 0.1) is 11.8 Å². The van der Waals surface area contributed by atoms with Crippen molar-refractivity contribution in [3.8, 4) is 23.3 Å². The van der Waals surface area contributed by atoms with Gasteiger partial charge in [-0.25, -0.2) is 9.97 Å². The number of nitrogens with zero attached hydrogens (tertiary/aromatic N) is 4. The summed E-state index contributed by atoms with van der Waals surface area (Å²) >= 11 is 1.36. The first-order valence-electron chi connectivity index (χ1n) is 8.41. The highest BCUT2D eigenvalue weighted by Gasteiger charge is 2.22. The molecule has 8 heteroatoms. The van der Waals surface area contributed by atoms with E-state index in [1.54, 1.807) is 26.4 Å². The van der Waals surface area contributed by atoms with Gasteiger partial charge in [-0.3, -0.25) is 4.57 Å². The van der Waals surface area contributed by atoms with Crippen molar-refractivity contribution in [1.82, 2.24) is 19.5 Å². The van der Waals surface area contributed by atoms with Gasteiger partial charge in [-0.15, -0.1) is 11.3 Å². The first-order valence-corrected chi connectivity index (χ1v) is 9.29. The zero-order valence-corrected chi connectivity index (χ0v) is 16.1. The summed E-state index contributed by atoms with van der Waals surface area (Å²) in [5, 5.41) is 13.8. The summed E-state index contributed by atoms with van der Waals surface area (Å²) in [5.41, 5.74) is 6.58. The predicted octanol–water partition coefficient (Wildman–Crippen LogP) is 2.73. The summed E-state index contributed by atoms with van der Waals surface area (Å²) in [4.78, 5) is 12.5. The minimum atomic E-state index is -1.32. The third kappa shape index (κ3) is 3.29. The van der Waals surface area contributed by atoms with E-state index in [1.807, 2.05) is 40.4 Å². The molecule has 0 amide bonds. The molecule has 4 rings (SSSR count). The maximum absolute atomic E-state index is 10.6. The highest BCUT2D eigenvalue weighted by atomic mass is 32.1. The van der Waals surface area contributed by atoms with Gasteiger partial charge in [-0.1, -0.05) is 11.8 Å². The topological polar surface area (TPSA) is 99.1 Å². The summed E-state index contributed by atoms with van der Waals surface area (Å²) in [6.45, 7) is 1.63.